The van der Waals surface area contributed by atoms with Gasteiger partial charge in [-0.05, 0) is 50.6 Å². The Morgan fingerprint density at radius 3 is 2.71 bits per heavy atom. The molecular weight excluding hydrogens is 268 g/mol. The predicted molar refractivity (Wildman–Crippen MR) is 81.3 cm³/mol. The summed E-state index contributed by atoms with van der Waals surface area (Å²) in [4.78, 5) is 23.7. The van der Waals surface area contributed by atoms with Crippen LogP contribution in [0, 0.1) is 0 Å². The number of ether oxygens (including phenoxy) is 1. The summed E-state index contributed by atoms with van der Waals surface area (Å²) in [6.07, 6.45) is 4.24. The maximum Gasteiger partial charge on any atom is 0.338 e. The molecule has 2 rings (SSSR count). The van der Waals surface area contributed by atoms with Crippen LogP contribution in [0.15, 0.2) is 24.3 Å². The van der Waals surface area contributed by atoms with Crippen molar-refractivity contribution in [1.29, 1.82) is 0 Å². The van der Waals surface area contributed by atoms with Gasteiger partial charge in [-0.15, -0.1) is 0 Å². The van der Waals surface area contributed by atoms with E-state index < -0.39 is 0 Å². The maximum atomic E-state index is 12.2. The zero-order valence-corrected chi connectivity index (χ0v) is 12.4. The highest BCUT2D eigenvalue weighted by Gasteiger charge is 2.19. The van der Waals surface area contributed by atoms with E-state index in [1.165, 1.54) is 6.42 Å². The minimum Gasteiger partial charge on any atom is -0.462 e. The van der Waals surface area contributed by atoms with E-state index >= 15 is 0 Å². The van der Waals surface area contributed by atoms with E-state index in [0.29, 0.717) is 17.9 Å². The summed E-state index contributed by atoms with van der Waals surface area (Å²) in [6, 6.07) is 6.64. The first-order valence-corrected chi connectivity index (χ1v) is 7.52. The number of carbonyl (C=O) groups excluding carboxylic acids is 2. The normalized spacial score (nSPS) is 18.6. The third-order valence-corrected chi connectivity index (χ3v) is 3.54. The molecule has 1 aromatic carbocycles. The third kappa shape index (κ3) is 4.56. The number of carbonyl (C=O) groups is 2. The number of anilines is 1. The van der Waals surface area contributed by atoms with Gasteiger partial charge in [-0.25, -0.2) is 4.79 Å². The average Bonchev–Trinajstić information content (AvgIpc) is 2.77. The van der Waals surface area contributed by atoms with Crippen molar-refractivity contribution in [3.63, 3.8) is 0 Å². The number of nitrogens with one attached hydrogen (secondary N) is 2. The lowest BCUT2D eigenvalue weighted by atomic mass is 10.1. The molecule has 21 heavy (non-hydrogen) atoms. The summed E-state index contributed by atoms with van der Waals surface area (Å²) in [6.45, 7) is 3.01. The predicted octanol–water partition coefficient (Wildman–Crippen LogP) is 2.33. The van der Waals surface area contributed by atoms with Crippen LogP contribution < -0.4 is 10.6 Å². The fraction of sp³-hybridized carbons (Fsp3) is 0.500. The monoisotopic (exact) mass is 290 g/mol. The molecule has 1 fully saturated rings. The summed E-state index contributed by atoms with van der Waals surface area (Å²) in [5, 5.41) is 6.15. The number of esters is 1. The Bertz CT molecular complexity index is 477. The summed E-state index contributed by atoms with van der Waals surface area (Å²) < 4.78 is 4.92. The Balaban J connectivity index is 1.93. The van der Waals surface area contributed by atoms with Crippen LogP contribution in [0.3, 0.4) is 0 Å². The molecule has 0 bridgehead atoms. The largest absolute Gasteiger partial charge is 0.462 e. The van der Waals surface area contributed by atoms with Crippen LogP contribution in [-0.4, -0.2) is 31.1 Å². The first-order chi connectivity index (χ1) is 10.2. The van der Waals surface area contributed by atoms with E-state index in [1.807, 2.05) is 0 Å². The first-order valence-electron chi connectivity index (χ1n) is 7.52. The zero-order chi connectivity index (χ0) is 15.1. The van der Waals surface area contributed by atoms with Gasteiger partial charge in [0.1, 0.15) is 0 Å². The fourth-order valence-corrected chi connectivity index (χ4v) is 2.39. The molecule has 0 radical (unpaired) electrons. The van der Waals surface area contributed by atoms with E-state index in [0.717, 1.165) is 25.8 Å². The van der Waals surface area contributed by atoms with Crippen LogP contribution in [0.4, 0.5) is 5.69 Å². The van der Waals surface area contributed by atoms with E-state index in [4.69, 9.17) is 4.74 Å². The van der Waals surface area contributed by atoms with Crippen molar-refractivity contribution in [2.75, 3.05) is 18.5 Å². The van der Waals surface area contributed by atoms with Crippen molar-refractivity contribution in [2.24, 2.45) is 0 Å². The highest BCUT2D eigenvalue weighted by atomic mass is 16.5. The van der Waals surface area contributed by atoms with Gasteiger partial charge in [0.15, 0.2) is 0 Å². The van der Waals surface area contributed by atoms with Crippen LogP contribution in [0.2, 0.25) is 0 Å². The van der Waals surface area contributed by atoms with Gasteiger partial charge in [-0.3, -0.25) is 4.79 Å². The number of hydrogen-bond donors (Lipinski definition) is 2. The van der Waals surface area contributed by atoms with Crippen molar-refractivity contribution < 1.29 is 14.3 Å². The molecule has 1 aliphatic heterocycles. The highest BCUT2D eigenvalue weighted by molar-refractivity contribution is 5.95. The molecule has 0 aliphatic carbocycles. The minimum absolute atomic E-state index is 0.0132. The molecule has 5 nitrogen and oxygen atoms in total. The fourth-order valence-electron chi connectivity index (χ4n) is 2.39. The molecule has 0 aromatic heterocycles. The van der Waals surface area contributed by atoms with E-state index in [1.54, 1.807) is 31.2 Å². The molecule has 1 amide bonds. The molecule has 1 heterocycles. The minimum atomic E-state index is -0.346. The van der Waals surface area contributed by atoms with Crippen LogP contribution in [0.5, 0.6) is 0 Å². The second kappa shape index (κ2) is 7.78. The van der Waals surface area contributed by atoms with Crippen molar-refractivity contribution in [1.82, 2.24) is 5.32 Å². The van der Waals surface area contributed by atoms with Crippen LogP contribution in [-0.2, 0) is 9.53 Å². The molecular formula is C16H22N2O3. The van der Waals surface area contributed by atoms with Gasteiger partial charge in [0, 0.05) is 5.69 Å². The summed E-state index contributed by atoms with van der Waals surface area (Å²) in [5.41, 5.74) is 1.18. The van der Waals surface area contributed by atoms with Gasteiger partial charge in [0.05, 0.1) is 18.2 Å². The SMILES string of the molecule is CCOC(=O)c1ccc(NC(=O)C2CCCCCN2)cc1. The summed E-state index contributed by atoms with van der Waals surface area (Å²) >= 11 is 0. The van der Waals surface area contributed by atoms with E-state index in [-0.39, 0.29) is 17.9 Å². The molecule has 114 valence electrons. The molecule has 1 aliphatic rings. The standard InChI is InChI=1S/C16H22N2O3/c1-2-21-16(20)12-7-9-13(10-8-12)18-15(19)14-6-4-3-5-11-17-14/h7-10,14,17H,2-6,11H2,1H3,(H,18,19). The van der Waals surface area contributed by atoms with Gasteiger partial charge in [0.25, 0.3) is 0 Å². The molecule has 1 unspecified atom stereocenters. The smallest absolute Gasteiger partial charge is 0.338 e. The second-order valence-corrected chi connectivity index (χ2v) is 5.14. The Kier molecular flexibility index (Phi) is 5.75. The maximum absolute atomic E-state index is 12.2. The Hall–Kier alpha value is -1.88. The zero-order valence-electron chi connectivity index (χ0n) is 12.4. The second-order valence-electron chi connectivity index (χ2n) is 5.14. The van der Waals surface area contributed by atoms with E-state index in [2.05, 4.69) is 10.6 Å². The van der Waals surface area contributed by atoms with Crippen LogP contribution in [0.1, 0.15) is 43.0 Å². The van der Waals surface area contributed by atoms with Gasteiger partial charge >= 0.3 is 5.97 Å². The van der Waals surface area contributed by atoms with Crippen molar-refractivity contribution in [3.05, 3.63) is 29.8 Å². The van der Waals surface area contributed by atoms with Gasteiger partial charge < -0.3 is 15.4 Å². The number of amides is 1. The average molecular weight is 290 g/mol. The number of rotatable bonds is 4. The van der Waals surface area contributed by atoms with Gasteiger partial charge in [-0.1, -0.05) is 12.8 Å². The Morgan fingerprint density at radius 1 is 1.24 bits per heavy atom. The summed E-state index contributed by atoms with van der Waals surface area (Å²) in [7, 11) is 0. The molecule has 1 saturated heterocycles. The van der Waals surface area contributed by atoms with Crippen molar-refractivity contribution >= 4 is 17.6 Å². The Labute approximate surface area is 125 Å². The topological polar surface area (TPSA) is 67.4 Å². The molecule has 2 N–H and O–H groups in total. The first kappa shape index (κ1) is 15.5. The molecule has 5 heteroatoms. The third-order valence-electron chi connectivity index (χ3n) is 3.54. The molecule has 0 saturated carbocycles. The van der Waals surface area contributed by atoms with Crippen molar-refractivity contribution in [3.8, 4) is 0 Å². The van der Waals surface area contributed by atoms with Crippen LogP contribution in [0.25, 0.3) is 0 Å². The number of hydrogen-bond acceptors (Lipinski definition) is 4. The lowest BCUT2D eigenvalue weighted by Crippen LogP contribution is -2.39. The molecule has 1 aromatic rings. The highest BCUT2D eigenvalue weighted by Crippen LogP contribution is 2.13. The molecule has 0 spiro atoms. The van der Waals surface area contributed by atoms with E-state index in [9.17, 15) is 9.59 Å². The Morgan fingerprint density at radius 2 is 2.00 bits per heavy atom. The number of benzene rings is 1. The van der Waals surface area contributed by atoms with Gasteiger partial charge in [0.2, 0.25) is 5.91 Å². The lowest BCUT2D eigenvalue weighted by molar-refractivity contribution is -0.118. The summed E-state index contributed by atoms with van der Waals surface area (Å²) in [5.74, 6) is -0.360. The lowest BCUT2D eigenvalue weighted by Gasteiger charge is -2.15. The van der Waals surface area contributed by atoms with Gasteiger partial charge in [-0.2, -0.15) is 0 Å². The van der Waals surface area contributed by atoms with Crippen LogP contribution >= 0.6 is 0 Å². The quantitative estimate of drug-likeness (QED) is 0.835. The van der Waals surface area contributed by atoms with Crippen molar-refractivity contribution in [2.45, 2.75) is 38.6 Å². The molecule has 1 atom stereocenters.